The summed E-state index contributed by atoms with van der Waals surface area (Å²) in [7, 11) is 1.69. The summed E-state index contributed by atoms with van der Waals surface area (Å²) in [5.74, 6) is 0.101. The van der Waals surface area contributed by atoms with Gasteiger partial charge in [-0.2, -0.15) is 0 Å². The number of anilines is 1. The molecule has 0 bridgehead atoms. The minimum absolute atomic E-state index is 0.175. The van der Waals surface area contributed by atoms with Gasteiger partial charge in [0.15, 0.2) is 0 Å². The minimum Gasteiger partial charge on any atom is -0.508 e. The van der Waals surface area contributed by atoms with Crippen molar-refractivity contribution in [3.63, 3.8) is 0 Å². The van der Waals surface area contributed by atoms with Crippen molar-refractivity contribution in [1.29, 1.82) is 0 Å². The van der Waals surface area contributed by atoms with E-state index in [-0.39, 0.29) is 17.4 Å². The number of nitrogens with zero attached hydrogens (tertiary/aromatic N) is 1. The molecule has 1 amide bonds. The van der Waals surface area contributed by atoms with Gasteiger partial charge in [0.05, 0.1) is 5.56 Å². The number of ether oxygens (including phenoxy) is 1. The van der Waals surface area contributed by atoms with Crippen LogP contribution in [-0.2, 0) is 0 Å². The summed E-state index contributed by atoms with van der Waals surface area (Å²) < 4.78 is 5.51. The van der Waals surface area contributed by atoms with Crippen molar-refractivity contribution >= 4 is 17.6 Å². The smallest absolute Gasteiger partial charge is 0.343 e. The topological polar surface area (TPSA) is 87.1 Å². The van der Waals surface area contributed by atoms with E-state index in [0.29, 0.717) is 22.6 Å². The predicted molar refractivity (Wildman–Crippen MR) is 151 cm³/mol. The van der Waals surface area contributed by atoms with Crippen LogP contribution in [0, 0.1) is 0 Å². The number of aromatic hydroxyl groups is 2. The maximum Gasteiger partial charge on any atom is 0.343 e. The molecule has 5 rings (SSSR count). The molecule has 0 aromatic heterocycles. The second-order valence-corrected chi connectivity index (χ2v) is 9.00. The van der Waals surface area contributed by atoms with Crippen LogP contribution in [0.1, 0.15) is 20.7 Å². The summed E-state index contributed by atoms with van der Waals surface area (Å²) in [6.07, 6.45) is 0. The normalized spacial score (nSPS) is 10.6. The highest BCUT2D eigenvalue weighted by molar-refractivity contribution is 6.06. The Bertz CT molecular complexity index is 1590. The number of rotatable bonds is 6. The molecule has 39 heavy (non-hydrogen) atoms. The number of carbonyl (C=O) groups excluding carboxylic acids is 2. The lowest BCUT2D eigenvalue weighted by molar-refractivity contribution is 0.0734. The summed E-state index contributed by atoms with van der Waals surface area (Å²) in [6.45, 7) is 0. The van der Waals surface area contributed by atoms with Gasteiger partial charge in [-0.3, -0.25) is 4.79 Å². The van der Waals surface area contributed by atoms with Crippen LogP contribution < -0.4 is 9.64 Å². The standard InChI is InChI=1S/C33H25NO5/c1-34(32(37)26-6-2-22(3-7-26)24-10-16-29(35)17-11-24)28-14-20-31(21-15-28)39-33(38)27-8-4-23(5-9-27)25-12-18-30(36)19-13-25/h2-21,35-36H,1H3. The molecule has 0 unspecified atom stereocenters. The van der Waals surface area contributed by atoms with Crippen molar-refractivity contribution in [3.05, 3.63) is 132 Å². The van der Waals surface area contributed by atoms with Crippen molar-refractivity contribution in [2.45, 2.75) is 0 Å². The van der Waals surface area contributed by atoms with Crippen molar-refractivity contribution in [3.8, 4) is 39.5 Å². The van der Waals surface area contributed by atoms with E-state index in [2.05, 4.69) is 0 Å². The van der Waals surface area contributed by atoms with Gasteiger partial charge >= 0.3 is 5.97 Å². The van der Waals surface area contributed by atoms with Gasteiger partial charge in [0.2, 0.25) is 0 Å². The molecular weight excluding hydrogens is 490 g/mol. The largest absolute Gasteiger partial charge is 0.508 e. The van der Waals surface area contributed by atoms with Gasteiger partial charge in [0.1, 0.15) is 17.2 Å². The minimum atomic E-state index is -0.488. The van der Waals surface area contributed by atoms with Crippen molar-refractivity contribution < 1.29 is 24.5 Å². The first-order chi connectivity index (χ1) is 18.9. The molecule has 5 aromatic carbocycles. The van der Waals surface area contributed by atoms with E-state index in [4.69, 9.17) is 4.74 Å². The number of benzene rings is 5. The third-order valence-corrected chi connectivity index (χ3v) is 6.39. The second kappa shape index (κ2) is 10.9. The molecule has 192 valence electrons. The van der Waals surface area contributed by atoms with Crippen molar-refractivity contribution in [2.75, 3.05) is 11.9 Å². The number of hydrogen-bond donors (Lipinski definition) is 2. The molecule has 0 heterocycles. The molecule has 0 spiro atoms. The van der Waals surface area contributed by atoms with Crippen LogP contribution in [0.25, 0.3) is 22.3 Å². The highest BCUT2D eigenvalue weighted by Crippen LogP contribution is 2.26. The number of carbonyl (C=O) groups is 2. The van der Waals surface area contributed by atoms with Gasteiger partial charge in [-0.15, -0.1) is 0 Å². The Morgan fingerprint density at radius 3 is 1.36 bits per heavy atom. The second-order valence-electron chi connectivity index (χ2n) is 9.00. The first-order valence-corrected chi connectivity index (χ1v) is 12.3. The molecule has 0 aliphatic carbocycles. The lowest BCUT2D eigenvalue weighted by atomic mass is 10.0. The molecule has 0 atom stereocenters. The highest BCUT2D eigenvalue weighted by Gasteiger charge is 2.15. The highest BCUT2D eigenvalue weighted by atomic mass is 16.5. The first-order valence-electron chi connectivity index (χ1n) is 12.3. The van der Waals surface area contributed by atoms with Gasteiger partial charge in [0, 0.05) is 18.3 Å². The van der Waals surface area contributed by atoms with E-state index in [1.807, 2.05) is 36.4 Å². The van der Waals surface area contributed by atoms with E-state index in [1.54, 1.807) is 92.0 Å². The van der Waals surface area contributed by atoms with Gasteiger partial charge < -0.3 is 19.8 Å². The Labute approximate surface area is 226 Å². The van der Waals surface area contributed by atoms with E-state index in [9.17, 15) is 19.8 Å². The van der Waals surface area contributed by atoms with Crippen molar-refractivity contribution in [2.24, 2.45) is 0 Å². The zero-order valence-electron chi connectivity index (χ0n) is 21.1. The lowest BCUT2D eigenvalue weighted by Crippen LogP contribution is -2.26. The zero-order valence-corrected chi connectivity index (χ0v) is 21.1. The van der Waals surface area contributed by atoms with E-state index >= 15 is 0 Å². The van der Waals surface area contributed by atoms with Gasteiger partial charge in [0.25, 0.3) is 5.91 Å². The molecule has 0 aliphatic rings. The molecule has 5 aromatic rings. The van der Waals surface area contributed by atoms with E-state index < -0.39 is 5.97 Å². The number of phenols is 2. The molecule has 0 saturated heterocycles. The third kappa shape index (κ3) is 5.81. The molecule has 0 fully saturated rings. The Balaban J connectivity index is 1.21. The molecule has 6 heteroatoms. The average molecular weight is 516 g/mol. The fourth-order valence-corrected chi connectivity index (χ4v) is 4.13. The monoisotopic (exact) mass is 515 g/mol. The SMILES string of the molecule is CN(C(=O)c1ccc(-c2ccc(O)cc2)cc1)c1ccc(OC(=O)c2ccc(-c3ccc(O)cc3)cc2)cc1. The summed E-state index contributed by atoms with van der Waals surface area (Å²) >= 11 is 0. The fraction of sp³-hybridized carbons (Fsp3) is 0.0303. The van der Waals surface area contributed by atoms with Gasteiger partial charge in [-0.25, -0.2) is 4.79 Å². The molecule has 0 saturated carbocycles. The number of amides is 1. The Hall–Kier alpha value is -5.36. The van der Waals surface area contributed by atoms with Crippen molar-refractivity contribution in [1.82, 2.24) is 0 Å². The Morgan fingerprint density at radius 2 is 0.923 bits per heavy atom. The average Bonchev–Trinajstić information content (AvgIpc) is 2.98. The van der Waals surface area contributed by atoms with Crippen LogP contribution in [0.2, 0.25) is 0 Å². The van der Waals surface area contributed by atoms with Crippen LogP contribution in [0.15, 0.2) is 121 Å². The lowest BCUT2D eigenvalue weighted by Gasteiger charge is -2.18. The van der Waals surface area contributed by atoms with Gasteiger partial charge in [-0.1, -0.05) is 48.5 Å². The number of hydrogen-bond acceptors (Lipinski definition) is 5. The molecular formula is C33H25NO5. The predicted octanol–water partition coefficient (Wildman–Crippen LogP) is 6.93. The van der Waals surface area contributed by atoms with Crippen LogP contribution in [0.5, 0.6) is 17.2 Å². The quantitative estimate of drug-likeness (QED) is 0.189. The van der Waals surface area contributed by atoms with E-state index in [1.165, 1.54) is 4.90 Å². The summed E-state index contributed by atoms with van der Waals surface area (Å²) in [5, 5.41) is 18.9. The van der Waals surface area contributed by atoms with E-state index in [0.717, 1.165) is 22.3 Å². The molecule has 2 N–H and O–H groups in total. The zero-order chi connectivity index (χ0) is 27.4. The Morgan fingerprint density at radius 1 is 0.538 bits per heavy atom. The Kier molecular flexibility index (Phi) is 7.10. The number of esters is 1. The molecule has 0 aliphatic heterocycles. The fourth-order valence-electron chi connectivity index (χ4n) is 4.13. The van der Waals surface area contributed by atoms with Crippen LogP contribution in [0.4, 0.5) is 5.69 Å². The number of phenolic OH excluding ortho intramolecular Hbond substituents is 2. The maximum absolute atomic E-state index is 13.0. The summed E-state index contributed by atoms with van der Waals surface area (Å²) in [4.78, 5) is 27.2. The molecule has 6 nitrogen and oxygen atoms in total. The third-order valence-electron chi connectivity index (χ3n) is 6.39. The van der Waals surface area contributed by atoms with Crippen LogP contribution in [0.3, 0.4) is 0 Å². The summed E-state index contributed by atoms with van der Waals surface area (Å²) in [5.41, 5.74) is 5.32. The van der Waals surface area contributed by atoms with Crippen LogP contribution >= 0.6 is 0 Å². The van der Waals surface area contributed by atoms with Crippen LogP contribution in [-0.4, -0.2) is 29.1 Å². The first kappa shape index (κ1) is 25.3. The maximum atomic E-state index is 13.0. The molecule has 0 radical (unpaired) electrons. The summed E-state index contributed by atoms with van der Waals surface area (Å²) in [6, 6.07) is 34.8. The van der Waals surface area contributed by atoms with Gasteiger partial charge in [-0.05, 0) is 95.1 Å².